The van der Waals surface area contributed by atoms with Gasteiger partial charge in [-0.1, -0.05) is 23.7 Å². The summed E-state index contributed by atoms with van der Waals surface area (Å²) in [5, 5.41) is 1.45. The predicted octanol–water partition coefficient (Wildman–Crippen LogP) is 5.53. The SMILES string of the molecule is COCCN1CCC(N2C(=O)S/C(=C\c3ccc4c(c3)CNN4Cc3ccc(Cl)cc3C(F)(F)F)C2=O)CC1. The largest absolute Gasteiger partial charge is 0.416 e. The lowest BCUT2D eigenvalue weighted by Crippen LogP contribution is -2.47. The molecule has 0 radical (unpaired) electrons. The minimum absolute atomic E-state index is 0.00152. The van der Waals surface area contributed by atoms with E-state index in [-0.39, 0.29) is 34.3 Å². The first kappa shape index (κ1) is 28.0. The van der Waals surface area contributed by atoms with Gasteiger partial charge in [-0.3, -0.25) is 14.5 Å². The van der Waals surface area contributed by atoms with Gasteiger partial charge in [0.05, 0.1) is 29.3 Å². The Balaban J connectivity index is 1.27. The average Bonchev–Trinajstić information content (AvgIpc) is 3.42. The van der Waals surface area contributed by atoms with E-state index in [9.17, 15) is 22.8 Å². The quantitative estimate of drug-likeness (QED) is 0.432. The van der Waals surface area contributed by atoms with Gasteiger partial charge in [-0.05, 0) is 71.6 Å². The highest BCUT2D eigenvalue weighted by molar-refractivity contribution is 8.18. The van der Waals surface area contributed by atoms with E-state index in [1.807, 2.05) is 12.1 Å². The zero-order valence-electron chi connectivity index (χ0n) is 21.3. The van der Waals surface area contributed by atoms with Crippen molar-refractivity contribution in [3.05, 3.63) is 68.6 Å². The van der Waals surface area contributed by atoms with Crippen molar-refractivity contribution in [1.82, 2.24) is 15.2 Å². The number of hydrogen-bond acceptors (Lipinski definition) is 7. The molecule has 2 aromatic carbocycles. The van der Waals surface area contributed by atoms with Crippen LogP contribution in [0.4, 0.5) is 23.7 Å². The summed E-state index contributed by atoms with van der Waals surface area (Å²) in [4.78, 5) is 30.0. The van der Waals surface area contributed by atoms with E-state index in [1.165, 1.54) is 17.0 Å². The summed E-state index contributed by atoms with van der Waals surface area (Å²) in [6.07, 6.45) is -1.34. The molecule has 2 fully saturated rings. The Kier molecular flexibility index (Phi) is 8.25. The molecular weight excluding hydrogens is 553 g/mol. The smallest absolute Gasteiger partial charge is 0.383 e. The lowest BCUT2D eigenvalue weighted by Gasteiger charge is -2.35. The van der Waals surface area contributed by atoms with Crippen LogP contribution >= 0.6 is 23.4 Å². The number of amides is 2. The number of halogens is 4. The lowest BCUT2D eigenvalue weighted by molar-refractivity contribution is -0.138. The fraction of sp³-hybridized carbons (Fsp3) is 0.407. The summed E-state index contributed by atoms with van der Waals surface area (Å²) in [5.41, 5.74) is 4.86. The van der Waals surface area contributed by atoms with Crippen molar-refractivity contribution in [3.63, 3.8) is 0 Å². The molecule has 2 saturated heterocycles. The number of carbonyl (C=O) groups excluding carboxylic acids is 2. The van der Waals surface area contributed by atoms with Crippen LogP contribution in [0, 0.1) is 0 Å². The summed E-state index contributed by atoms with van der Waals surface area (Å²) in [5.74, 6) is -0.275. The van der Waals surface area contributed by atoms with E-state index in [4.69, 9.17) is 16.3 Å². The van der Waals surface area contributed by atoms with E-state index in [1.54, 1.807) is 24.3 Å². The maximum Gasteiger partial charge on any atom is 0.416 e. The number of fused-ring (bicyclic) bond motifs is 1. The van der Waals surface area contributed by atoms with Crippen molar-refractivity contribution in [2.45, 2.75) is 38.1 Å². The summed E-state index contributed by atoms with van der Waals surface area (Å²) in [6.45, 7) is 3.53. The molecular formula is C27H28ClF3N4O3S. The Morgan fingerprint density at radius 1 is 1.15 bits per heavy atom. The molecule has 3 heterocycles. The number of ether oxygens (including phenoxy) is 1. The topological polar surface area (TPSA) is 65.1 Å². The number of likely N-dealkylation sites (tertiary alicyclic amines) is 1. The van der Waals surface area contributed by atoms with Gasteiger partial charge < -0.3 is 14.6 Å². The van der Waals surface area contributed by atoms with Crippen molar-refractivity contribution < 1.29 is 27.5 Å². The van der Waals surface area contributed by atoms with Crippen LogP contribution in [0.2, 0.25) is 5.02 Å². The Labute approximate surface area is 233 Å². The molecule has 39 heavy (non-hydrogen) atoms. The molecule has 0 aromatic heterocycles. The molecule has 208 valence electrons. The Morgan fingerprint density at radius 3 is 2.64 bits per heavy atom. The third-order valence-corrected chi connectivity index (χ3v) is 8.33. The summed E-state index contributed by atoms with van der Waals surface area (Å²) < 4.78 is 45.8. The molecule has 2 aromatic rings. The van der Waals surface area contributed by atoms with Gasteiger partial charge in [0.1, 0.15) is 0 Å². The van der Waals surface area contributed by atoms with Crippen LogP contribution in [0.15, 0.2) is 41.3 Å². The molecule has 0 atom stereocenters. The van der Waals surface area contributed by atoms with Crippen LogP contribution < -0.4 is 10.4 Å². The average molecular weight is 581 g/mol. The first-order chi connectivity index (χ1) is 18.6. The van der Waals surface area contributed by atoms with E-state index in [0.717, 1.165) is 67.1 Å². The number of anilines is 1. The molecule has 0 spiro atoms. The van der Waals surface area contributed by atoms with Crippen molar-refractivity contribution in [3.8, 4) is 0 Å². The van der Waals surface area contributed by atoms with Crippen LogP contribution in [0.5, 0.6) is 0 Å². The molecule has 1 N–H and O–H groups in total. The maximum atomic E-state index is 13.5. The number of rotatable bonds is 7. The predicted molar refractivity (Wildman–Crippen MR) is 145 cm³/mol. The number of piperidine rings is 1. The standard InChI is InChI=1S/C27H28ClF3N4O3S/c1-38-11-10-33-8-6-21(7-9-33)35-25(36)24(39-26(35)37)13-17-2-5-23-19(12-17)15-32-34(23)16-18-3-4-20(28)14-22(18)27(29,30)31/h2-5,12-14,21,32H,6-11,15-16H2,1H3/b24-13-. The molecule has 0 saturated carbocycles. The second-order valence-corrected chi connectivity index (χ2v) is 11.2. The zero-order chi connectivity index (χ0) is 27.7. The van der Waals surface area contributed by atoms with Crippen LogP contribution in [0.3, 0.4) is 0 Å². The number of nitrogens with one attached hydrogen (secondary N) is 1. The molecule has 0 bridgehead atoms. The van der Waals surface area contributed by atoms with Gasteiger partial charge in [-0.25, -0.2) is 5.43 Å². The minimum Gasteiger partial charge on any atom is -0.383 e. The van der Waals surface area contributed by atoms with Crippen molar-refractivity contribution in [2.75, 3.05) is 38.4 Å². The third-order valence-electron chi connectivity index (χ3n) is 7.22. The van der Waals surface area contributed by atoms with Crippen molar-refractivity contribution >= 4 is 46.3 Å². The molecule has 12 heteroatoms. The number of hydrogen-bond donors (Lipinski definition) is 1. The number of carbonyl (C=O) groups is 2. The second kappa shape index (κ2) is 11.5. The van der Waals surface area contributed by atoms with E-state index < -0.39 is 11.7 Å². The van der Waals surface area contributed by atoms with Crippen LogP contribution in [-0.4, -0.2) is 60.3 Å². The Hall–Kier alpha value is -2.57. The van der Waals surface area contributed by atoms with Gasteiger partial charge in [0.2, 0.25) is 0 Å². The fourth-order valence-electron chi connectivity index (χ4n) is 5.20. The molecule has 0 aliphatic carbocycles. The van der Waals surface area contributed by atoms with E-state index in [2.05, 4.69) is 10.3 Å². The van der Waals surface area contributed by atoms with Crippen LogP contribution in [0.1, 0.15) is 35.1 Å². The maximum absolute atomic E-state index is 13.5. The summed E-state index contributed by atoms with van der Waals surface area (Å²) >= 11 is 6.76. The highest BCUT2D eigenvalue weighted by atomic mass is 35.5. The number of hydrazine groups is 1. The number of alkyl halides is 3. The summed E-state index contributed by atoms with van der Waals surface area (Å²) in [7, 11) is 1.67. The first-order valence-electron chi connectivity index (χ1n) is 12.6. The van der Waals surface area contributed by atoms with E-state index >= 15 is 0 Å². The summed E-state index contributed by atoms with van der Waals surface area (Å²) in [6, 6.07) is 9.15. The fourth-order valence-corrected chi connectivity index (χ4v) is 6.27. The molecule has 3 aliphatic heterocycles. The highest BCUT2D eigenvalue weighted by Crippen LogP contribution is 2.38. The highest BCUT2D eigenvalue weighted by Gasteiger charge is 2.41. The number of thioether (sulfide) groups is 1. The van der Waals surface area contributed by atoms with Crippen molar-refractivity contribution in [1.29, 1.82) is 0 Å². The second-order valence-electron chi connectivity index (χ2n) is 9.73. The van der Waals surface area contributed by atoms with Gasteiger partial charge in [0, 0.05) is 44.4 Å². The number of nitrogens with zero attached hydrogens (tertiary/aromatic N) is 3. The van der Waals surface area contributed by atoms with Crippen LogP contribution in [0.25, 0.3) is 6.08 Å². The van der Waals surface area contributed by atoms with E-state index in [0.29, 0.717) is 18.1 Å². The molecule has 2 amide bonds. The molecule has 5 rings (SSSR count). The minimum atomic E-state index is -4.52. The molecule has 7 nitrogen and oxygen atoms in total. The number of imide groups is 1. The Bertz CT molecular complexity index is 1300. The lowest BCUT2D eigenvalue weighted by atomic mass is 10.0. The third kappa shape index (κ3) is 6.12. The van der Waals surface area contributed by atoms with Gasteiger partial charge in [0.15, 0.2) is 0 Å². The van der Waals surface area contributed by atoms with Gasteiger partial charge in [-0.15, -0.1) is 0 Å². The zero-order valence-corrected chi connectivity index (χ0v) is 22.8. The number of methoxy groups -OCH3 is 1. The monoisotopic (exact) mass is 580 g/mol. The Morgan fingerprint density at radius 2 is 1.92 bits per heavy atom. The molecule has 0 unspecified atom stereocenters. The normalized spacial score (nSPS) is 20.0. The number of benzene rings is 2. The van der Waals surface area contributed by atoms with Crippen LogP contribution in [-0.2, 0) is 28.8 Å². The first-order valence-corrected chi connectivity index (χ1v) is 13.8. The van der Waals surface area contributed by atoms with Gasteiger partial charge in [0.25, 0.3) is 11.1 Å². The molecule has 3 aliphatic rings. The van der Waals surface area contributed by atoms with Gasteiger partial charge >= 0.3 is 6.18 Å². The van der Waals surface area contributed by atoms with Crippen molar-refractivity contribution in [2.24, 2.45) is 0 Å². The van der Waals surface area contributed by atoms with Gasteiger partial charge in [-0.2, -0.15) is 13.2 Å².